The average molecular weight is 324 g/mol. The van der Waals surface area contributed by atoms with Gasteiger partial charge in [0.1, 0.15) is 5.82 Å². The fourth-order valence-corrected chi connectivity index (χ4v) is 2.97. The number of benzene rings is 1. The number of hydrogen-bond acceptors (Lipinski definition) is 3. The van der Waals surface area contributed by atoms with Crippen molar-refractivity contribution >= 4 is 11.8 Å². The SMILES string of the molecule is Cc1cccc(CCNC(=O)N2CCN(c3ccccn3)CC2)c1. The van der Waals surface area contributed by atoms with Crippen molar-refractivity contribution in [1.29, 1.82) is 0 Å². The normalized spacial score (nSPS) is 14.5. The number of hydrogen-bond donors (Lipinski definition) is 1. The minimum atomic E-state index is 0.0309. The lowest BCUT2D eigenvalue weighted by Crippen LogP contribution is -2.52. The first-order valence-electron chi connectivity index (χ1n) is 8.47. The number of nitrogens with one attached hydrogen (secondary N) is 1. The van der Waals surface area contributed by atoms with Crippen molar-refractivity contribution in [3.63, 3.8) is 0 Å². The zero-order chi connectivity index (χ0) is 16.8. The third kappa shape index (κ3) is 4.25. The first-order chi connectivity index (χ1) is 11.7. The number of amides is 2. The minimum absolute atomic E-state index is 0.0309. The van der Waals surface area contributed by atoms with E-state index in [9.17, 15) is 4.79 Å². The molecule has 2 aromatic rings. The zero-order valence-corrected chi connectivity index (χ0v) is 14.1. The molecule has 0 unspecified atom stereocenters. The topological polar surface area (TPSA) is 48.5 Å². The highest BCUT2D eigenvalue weighted by atomic mass is 16.2. The van der Waals surface area contributed by atoms with Crippen LogP contribution in [0, 0.1) is 6.92 Å². The molecule has 0 aliphatic carbocycles. The minimum Gasteiger partial charge on any atom is -0.353 e. The van der Waals surface area contributed by atoms with Crippen LogP contribution in [0.1, 0.15) is 11.1 Å². The summed E-state index contributed by atoms with van der Waals surface area (Å²) in [6, 6.07) is 14.4. The number of rotatable bonds is 4. The second-order valence-corrected chi connectivity index (χ2v) is 6.13. The number of carbonyl (C=O) groups is 1. The summed E-state index contributed by atoms with van der Waals surface area (Å²) in [7, 11) is 0. The number of aryl methyl sites for hydroxylation is 1. The summed E-state index contributed by atoms with van der Waals surface area (Å²) >= 11 is 0. The molecule has 126 valence electrons. The van der Waals surface area contributed by atoms with Crippen molar-refractivity contribution in [3.05, 3.63) is 59.8 Å². The van der Waals surface area contributed by atoms with E-state index in [0.29, 0.717) is 6.54 Å². The number of aromatic nitrogens is 1. The van der Waals surface area contributed by atoms with E-state index in [-0.39, 0.29) is 6.03 Å². The summed E-state index contributed by atoms with van der Waals surface area (Å²) in [5.74, 6) is 0.983. The standard InChI is InChI=1S/C19H24N4O/c1-16-5-4-6-17(15-16)8-10-21-19(24)23-13-11-22(12-14-23)18-7-2-3-9-20-18/h2-7,9,15H,8,10-14H2,1H3,(H,21,24). The predicted octanol–water partition coefficient (Wildman–Crippen LogP) is 2.46. The maximum Gasteiger partial charge on any atom is 0.317 e. The van der Waals surface area contributed by atoms with Crippen molar-refractivity contribution in [2.24, 2.45) is 0 Å². The van der Waals surface area contributed by atoms with Crippen LogP contribution in [-0.2, 0) is 6.42 Å². The summed E-state index contributed by atoms with van der Waals surface area (Å²) in [4.78, 5) is 20.8. The summed E-state index contributed by atoms with van der Waals surface area (Å²) in [6.07, 6.45) is 2.67. The maximum absolute atomic E-state index is 12.3. The lowest BCUT2D eigenvalue weighted by Gasteiger charge is -2.35. The molecule has 0 radical (unpaired) electrons. The Morgan fingerprint density at radius 2 is 1.96 bits per heavy atom. The lowest BCUT2D eigenvalue weighted by atomic mass is 10.1. The van der Waals surface area contributed by atoms with Crippen molar-refractivity contribution in [1.82, 2.24) is 15.2 Å². The highest BCUT2D eigenvalue weighted by Crippen LogP contribution is 2.12. The van der Waals surface area contributed by atoms with Gasteiger partial charge in [0.25, 0.3) is 0 Å². The van der Waals surface area contributed by atoms with Gasteiger partial charge >= 0.3 is 6.03 Å². The molecule has 0 bridgehead atoms. The number of pyridine rings is 1. The number of piperazine rings is 1. The van der Waals surface area contributed by atoms with Crippen molar-refractivity contribution < 1.29 is 4.79 Å². The van der Waals surface area contributed by atoms with Crippen LogP contribution >= 0.6 is 0 Å². The van der Waals surface area contributed by atoms with E-state index < -0.39 is 0 Å². The van der Waals surface area contributed by atoms with Crippen LogP contribution in [0.15, 0.2) is 48.7 Å². The molecule has 0 spiro atoms. The molecule has 1 aromatic carbocycles. The van der Waals surface area contributed by atoms with Crippen LogP contribution in [0.25, 0.3) is 0 Å². The first-order valence-corrected chi connectivity index (χ1v) is 8.47. The predicted molar refractivity (Wildman–Crippen MR) is 96.3 cm³/mol. The Morgan fingerprint density at radius 1 is 1.12 bits per heavy atom. The molecule has 5 heteroatoms. The second kappa shape index (κ2) is 7.81. The molecule has 24 heavy (non-hydrogen) atoms. The molecule has 1 aromatic heterocycles. The molecule has 1 aliphatic heterocycles. The molecule has 1 N–H and O–H groups in total. The number of carbonyl (C=O) groups excluding carboxylic acids is 1. The Kier molecular flexibility index (Phi) is 5.31. The van der Waals surface area contributed by atoms with Gasteiger partial charge in [0, 0.05) is 38.9 Å². The smallest absolute Gasteiger partial charge is 0.317 e. The van der Waals surface area contributed by atoms with E-state index in [1.165, 1.54) is 11.1 Å². The third-order valence-electron chi connectivity index (χ3n) is 4.31. The molecule has 1 saturated heterocycles. The monoisotopic (exact) mass is 324 g/mol. The highest BCUT2D eigenvalue weighted by Gasteiger charge is 2.21. The number of anilines is 1. The first kappa shape index (κ1) is 16.3. The molecule has 2 heterocycles. The van der Waals surface area contributed by atoms with E-state index in [0.717, 1.165) is 38.4 Å². The van der Waals surface area contributed by atoms with Crippen LogP contribution in [0.2, 0.25) is 0 Å². The van der Waals surface area contributed by atoms with Crippen LogP contribution in [0.4, 0.5) is 10.6 Å². The van der Waals surface area contributed by atoms with Gasteiger partial charge in [-0.05, 0) is 31.0 Å². The van der Waals surface area contributed by atoms with E-state index in [1.807, 2.05) is 23.1 Å². The van der Waals surface area contributed by atoms with Crippen LogP contribution in [-0.4, -0.2) is 48.6 Å². The quantitative estimate of drug-likeness (QED) is 0.940. The fourth-order valence-electron chi connectivity index (χ4n) is 2.97. The van der Waals surface area contributed by atoms with Gasteiger partial charge in [-0.15, -0.1) is 0 Å². The molecular formula is C19H24N4O. The molecule has 0 atom stereocenters. The van der Waals surface area contributed by atoms with Crippen molar-refractivity contribution in [3.8, 4) is 0 Å². The average Bonchev–Trinajstić information content (AvgIpc) is 2.63. The van der Waals surface area contributed by atoms with Gasteiger partial charge in [0.15, 0.2) is 0 Å². The second-order valence-electron chi connectivity index (χ2n) is 6.13. The largest absolute Gasteiger partial charge is 0.353 e. The Bertz CT molecular complexity index is 666. The molecule has 2 amide bonds. The molecule has 1 fully saturated rings. The maximum atomic E-state index is 12.3. The van der Waals surface area contributed by atoms with Gasteiger partial charge in [-0.1, -0.05) is 35.9 Å². The van der Waals surface area contributed by atoms with E-state index in [1.54, 1.807) is 6.20 Å². The summed E-state index contributed by atoms with van der Waals surface area (Å²) in [5.41, 5.74) is 2.51. The highest BCUT2D eigenvalue weighted by molar-refractivity contribution is 5.74. The van der Waals surface area contributed by atoms with Crippen LogP contribution in [0.5, 0.6) is 0 Å². The lowest BCUT2D eigenvalue weighted by molar-refractivity contribution is 0.194. The third-order valence-corrected chi connectivity index (χ3v) is 4.31. The van der Waals surface area contributed by atoms with Crippen LogP contribution in [0.3, 0.4) is 0 Å². The van der Waals surface area contributed by atoms with E-state index in [2.05, 4.69) is 46.4 Å². The molecule has 5 nitrogen and oxygen atoms in total. The Balaban J connectivity index is 1.42. The molecule has 1 aliphatic rings. The van der Waals surface area contributed by atoms with Crippen molar-refractivity contribution in [2.75, 3.05) is 37.6 Å². The number of nitrogens with zero attached hydrogens (tertiary/aromatic N) is 3. The Morgan fingerprint density at radius 3 is 2.67 bits per heavy atom. The summed E-state index contributed by atoms with van der Waals surface area (Å²) < 4.78 is 0. The van der Waals surface area contributed by atoms with Gasteiger partial charge in [0.2, 0.25) is 0 Å². The van der Waals surface area contributed by atoms with Gasteiger partial charge in [-0.25, -0.2) is 9.78 Å². The molecular weight excluding hydrogens is 300 g/mol. The molecule has 3 rings (SSSR count). The fraction of sp³-hybridized carbons (Fsp3) is 0.368. The summed E-state index contributed by atoms with van der Waals surface area (Å²) in [6.45, 7) is 5.86. The Labute approximate surface area is 143 Å². The number of urea groups is 1. The molecule has 0 saturated carbocycles. The van der Waals surface area contributed by atoms with E-state index >= 15 is 0 Å². The van der Waals surface area contributed by atoms with Crippen molar-refractivity contribution in [2.45, 2.75) is 13.3 Å². The Hall–Kier alpha value is -2.56. The van der Waals surface area contributed by atoms with Gasteiger partial charge in [-0.3, -0.25) is 0 Å². The van der Waals surface area contributed by atoms with Crippen LogP contribution < -0.4 is 10.2 Å². The zero-order valence-electron chi connectivity index (χ0n) is 14.1. The summed E-state index contributed by atoms with van der Waals surface area (Å²) in [5, 5.41) is 3.03. The van der Waals surface area contributed by atoms with E-state index in [4.69, 9.17) is 0 Å². The van der Waals surface area contributed by atoms with Gasteiger partial charge in [-0.2, -0.15) is 0 Å². The van der Waals surface area contributed by atoms with Gasteiger partial charge < -0.3 is 15.1 Å². The van der Waals surface area contributed by atoms with Gasteiger partial charge in [0.05, 0.1) is 0 Å².